The van der Waals surface area contributed by atoms with E-state index in [0.29, 0.717) is 5.69 Å². The summed E-state index contributed by atoms with van der Waals surface area (Å²) in [5.41, 5.74) is 9.20. The summed E-state index contributed by atoms with van der Waals surface area (Å²) in [5, 5.41) is 9.02. The molecule has 0 aliphatic carbocycles. The predicted octanol–water partition coefficient (Wildman–Crippen LogP) is 3.12. The third kappa shape index (κ3) is 2.51. The van der Waals surface area contributed by atoms with Crippen LogP contribution in [0.4, 0.5) is 5.69 Å². The molecule has 0 saturated heterocycles. The minimum Gasteiger partial charge on any atom is -0.481 e. The molecule has 2 rings (SSSR count). The second kappa shape index (κ2) is 4.92. The summed E-state index contributed by atoms with van der Waals surface area (Å²) in [4.78, 5) is 11.0. The molecule has 3 N–H and O–H groups in total. The minimum atomic E-state index is -0.815. The zero-order chi connectivity index (χ0) is 13.1. The highest BCUT2D eigenvalue weighted by molar-refractivity contribution is 5.77. The third-order valence-electron chi connectivity index (χ3n) is 3.00. The first-order chi connectivity index (χ1) is 8.58. The van der Waals surface area contributed by atoms with Gasteiger partial charge in [0.05, 0.1) is 5.92 Å². The van der Waals surface area contributed by atoms with Crippen LogP contribution >= 0.6 is 0 Å². The molecular weight excluding hydrogens is 226 g/mol. The lowest BCUT2D eigenvalue weighted by atomic mass is 9.96. The van der Waals surface area contributed by atoms with Crippen molar-refractivity contribution in [3.05, 3.63) is 54.1 Å². The number of aliphatic carboxylic acids is 1. The van der Waals surface area contributed by atoms with Gasteiger partial charge in [0.2, 0.25) is 0 Å². The molecule has 0 saturated carbocycles. The van der Waals surface area contributed by atoms with Crippen molar-refractivity contribution in [1.82, 2.24) is 0 Å². The number of hydrogen-bond acceptors (Lipinski definition) is 2. The van der Waals surface area contributed by atoms with Crippen LogP contribution in [0.2, 0.25) is 0 Å². The van der Waals surface area contributed by atoms with Gasteiger partial charge in [-0.15, -0.1) is 0 Å². The van der Waals surface area contributed by atoms with Crippen LogP contribution in [-0.4, -0.2) is 11.1 Å². The number of nitrogens with two attached hydrogens (primary N) is 1. The molecule has 0 spiro atoms. The second-order valence-corrected chi connectivity index (χ2v) is 4.31. The van der Waals surface area contributed by atoms with E-state index in [0.717, 1.165) is 16.7 Å². The number of hydrogen-bond donors (Lipinski definition) is 2. The Morgan fingerprint density at radius 3 is 2.39 bits per heavy atom. The Balaban J connectivity index is 2.38. The Bertz CT molecular complexity index is 561. The van der Waals surface area contributed by atoms with Crippen LogP contribution in [-0.2, 0) is 4.79 Å². The van der Waals surface area contributed by atoms with E-state index >= 15 is 0 Å². The van der Waals surface area contributed by atoms with Gasteiger partial charge in [-0.05, 0) is 35.7 Å². The highest BCUT2D eigenvalue weighted by Crippen LogP contribution is 2.24. The van der Waals surface area contributed by atoms with E-state index in [1.54, 1.807) is 6.92 Å². The number of carboxylic acids is 1. The van der Waals surface area contributed by atoms with Crippen molar-refractivity contribution in [2.75, 3.05) is 5.73 Å². The molecule has 18 heavy (non-hydrogen) atoms. The zero-order valence-electron chi connectivity index (χ0n) is 10.1. The molecule has 1 unspecified atom stereocenters. The van der Waals surface area contributed by atoms with Crippen LogP contribution in [0.3, 0.4) is 0 Å². The van der Waals surface area contributed by atoms with Gasteiger partial charge in [-0.25, -0.2) is 0 Å². The van der Waals surface area contributed by atoms with Crippen LogP contribution in [0.1, 0.15) is 18.4 Å². The van der Waals surface area contributed by atoms with Gasteiger partial charge in [0.25, 0.3) is 0 Å². The van der Waals surface area contributed by atoms with E-state index in [2.05, 4.69) is 0 Å². The van der Waals surface area contributed by atoms with Crippen molar-refractivity contribution >= 4 is 11.7 Å². The summed E-state index contributed by atoms with van der Waals surface area (Å²) in [6.07, 6.45) is 0. The quantitative estimate of drug-likeness (QED) is 0.811. The highest BCUT2D eigenvalue weighted by atomic mass is 16.4. The van der Waals surface area contributed by atoms with Gasteiger partial charge >= 0.3 is 5.97 Å². The lowest BCUT2D eigenvalue weighted by Crippen LogP contribution is -2.07. The van der Waals surface area contributed by atoms with E-state index in [4.69, 9.17) is 10.8 Å². The van der Waals surface area contributed by atoms with Gasteiger partial charge in [-0.1, -0.05) is 36.4 Å². The maximum atomic E-state index is 11.0. The van der Waals surface area contributed by atoms with E-state index in [1.807, 2.05) is 48.5 Å². The molecule has 92 valence electrons. The van der Waals surface area contributed by atoms with E-state index in [9.17, 15) is 4.79 Å². The fourth-order valence-corrected chi connectivity index (χ4v) is 1.81. The first-order valence-corrected chi connectivity index (χ1v) is 5.76. The molecule has 1 atom stereocenters. The van der Waals surface area contributed by atoms with E-state index < -0.39 is 11.9 Å². The highest BCUT2D eigenvalue weighted by Gasteiger charge is 2.13. The largest absolute Gasteiger partial charge is 0.481 e. The van der Waals surface area contributed by atoms with Gasteiger partial charge in [0, 0.05) is 5.69 Å². The number of carbonyl (C=O) groups is 1. The van der Waals surface area contributed by atoms with Crippen LogP contribution < -0.4 is 5.73 Å². The Kier molecular flexibility index (Phi) is 3.33. The number of anilines is 1. The number of benzene rings is 2. The molecule has 3 heteroatoms. The number of rotatable bonds is 3. The molecular formula is C15H15NO2. The average Bonchev–Trinajstić information content (AvgIpc) is 2.38. The van der Waals surface area contributed by atoms with Crippen molar-refractivity contribution in [1.29, 1.82) is 0 Å². The molecule has 0 heterocycles. The third-order valence-corrected chi connectivity index (χ3v) is 3.00. The van der Waals surface area contributed by atoms with E-state index in [-0.39, 0.29) is 0 Å². The normalized spacial score (nSPS) is 12.1. The Hall–Kier alpha value is -2.29. The molecule has 3 nitrogen and oxygen atoms in total. The summed E-state index contributed by atoms with van der Waals surface area (Å²) in [5.74, 6) is -1.32. The zero-order valence-corrected chi connectivity index (χ0v) is 10.1. The molecule has 0 aliphatic heterocycles. The molecule has 0 amide bonds. The van der Waals surface area contributed by atoms with Crippen LogP contribution in [0, 0.1) is 0 Å². The van der Waals surface area contributed by atoms with Crippen molar-refractivity contribution < 1.29 is 9.90 Å². The molecule has 0 aliphatic rings. The first kappa shape index (κ1) is 12.2. The molecule has 0 fully saturated rings. The van der Waals surface area contributed by atoms with Crippen molar-refractivity contribution in [2.24, 2.45) is 0 Å². The number of carboxylic acid groups (broad SMARTS) is 1. The maximum Gasteiger partial charge on any atom is 0.310 e. The fraction of sp³-hybridized carbons (Fsp3) is 0.133. The minimum absolute atomic E-state index is 0.501. The Morgan fingerprint density at radius 1 is 1.11 bits per heavy atom. The Morgan fingerprint density at radius 2 is 1.78 bits per heavy atom. The molecule has 0 bridgehead atoms. The van der Waals surface area contributed by atoms with Crippen molar-refractivity contribution in [2.45, 2.75) is 12.8 Å². The lowest BCUT2D eigenvalue weighted by molar-refractivity contribution is -0.138. The van der Waals surface area contributed by atoms with Crippen molar-refractivity contribution in [3.63, 3.8) is 0 Å². The lowest BCUT2D eigenvalue weighted by Gasteiger charge is -2.09. The van der Waals surface area contributed by atoms with Gasteiger partial charge in [-0.2, -0.15) is 0 Å². The maximum absolute atomic E-state index is 11.0. The standard InChI is InChI=1S/C15H15NO2/c1-10(15(17)18)12-3-2-4-13(9-12)11-5-7-14(16)8-6-11/h2-10H,16H2,1H3,(H,17,18). The van der Waals surface area contributed by atoms with Crippen LogP contribution in [0.25, 0.3) is 11.1 Å². The van der Waals surface area contributed by atoms with Gasteiger partial charge in [-0.3, -0.25) is 4.79 Å². The fourth-order valence-electron chi connectivity index (χ4n) is 1.81. The SMILES string of the molecule is CC(C(=O)O)c1cccc(-c2ccc(N)cc2)c1. The second-order valence-electron chi connectivity index (χ2n) is 4.31. The monoisotopic (exact) mass is 241 g/mol. The topological polar surface area (TPSA) is 63.3 Å². The molecule has 0 radical (unpaired) electrons. The molecule has 2 aromatic rings. The summed E-state index contributed by atoms with van der Waals surface area (Å²) in [6, 6.07) is 15.1. The van der Waals surface area contributed by atoms with Gasteiger partial charge in [0.1, 0.15) is 0 Å². The van der Waals surface area contributed by atoms with Crippen LogP contribution in [0.15, 0.2) is 48.5 Å². The molecule has 2 aromatic carbocycles. The summed E-state index contributed by atoms with van der Waals surface area (Å²) < 4.78 is 0. The van der Waals surface area contributed by atoms with Gasteiger partial charge in [0.15, 0.2) is 0 Å². The summed E-state index contributed by atoms with van der Waals surface area (Å²) >= 11 is 0. The van der Waals surface area contributed by atoms with Gasteiger partial charge < -0.3 is 10.8 Å². The predicted molar refractivity (Wildman–Crippen MR) is 72.3 cm³/mol. The average molecular weight is 241 g/mol. The van der Waals surface area contributed by atoms with Crippen molar-refractivity contribution in [3.8, 4) is 11.1 Å². The summed E-state index contributed by atoms with van der Waals surface area (Å²) in [7, 11) is 0. The summed E-state index contributed by atoms with van der Waals surface area (Å²) in [6.45, 7) is 1.68. The van der Waals surface area contributed by atoms with E-state index in [1.165, 1.54) is 0 Å². The smallest absolute Gasteiger partial charge is 0.310 e. The first-order valence-electron chi connectivity index (χ1n) is 5.76. The van der Waals surface area contributed by atoms with Crippen LogP contribution in [0.5, 0.6) is 0 Å². The Labute approximate surface area is 106 Å². The molecule has 0 aromatic heterocycles. The number of nitrogen functional groups attached to an aromatic ring is 1.